The lowest BCUT2D eigenvalue weighted by molar-refractivity contribution is -0.145. The molecule has 0 bridgehead atoms. The molecule has 0 unspecified atom stereocenters. The fraction of sp³-hybridized carbons (Fsp3) is 0.182. The van der Waals surface area contributed by atoms with Crippen molar-refractivity contribution in [3.05, 3.63) is 49.7 Å². The second-order valence-electron chi connectivity index (χ2n) is 3.25. The topological polar surface area (TPSA) is 55.7 Å². The van der Waals surface area contributed by atoms with Crippen LogP contribution in [-0.4, -0.2) is 13.1 Å². The fourth-order valence-corrected chi connectivity index (χ4v) is 3.36. The van der Waals surface area contributed by atoms with Crippen molar-refractivity contribution in [3.63, 3.8) is 0 Å². The number of methoxy groups -OCH3 is 1. The van der Waals surface area contributed by atoms with E-state index < -0.39 is 11.5 Å². The number of hydrogen-bond acceptors (Lipinski definition) is 6. The Bertz CT molecular complexity index is 471. The molecular formula is C11H9NO3S2. The highest BCUT2D eigenvalue weighted by Gasteiger charge is 2.47. The van der Waals surface area contributed by atoms with Gasteiger partial charge < -0.3 is 4.74 Å². The van der Waals surface area contributed by atoms with Crippen LogP contribution in [0.2, 0.25) is 0 Å². The summed E-state index contributed by atoms with van der Waals surface area (Å²) in [6.07, 6.45) is 0. The van der Waals surface area contributed by atoms with Crippen LogP contribution in [0.3, 0.4) is 0 Å². The standard InChI is InChI=1S/C11H9NO3S2/c1-15-10(13)11(12-14,8-4-2-6-16-8)9-5-3-7-17-9/h2-7H,1H3. The van der Waals surface area contributed by atoms with E-state index in [0.717, 1.165) is 0 Å². The van der Waals surface area contributed by atoms with Crippen molar-refractivity contribution in [2.75, 3.05) is 7.11 Å². The molecular weight excluding hydrogens is 258 g/mol. The predicted octanol–water partition coefficient (Wildman–Crippen LogP) is 2.99. The molecule has 0 aliphatic rings. The van der Waals surface area contributed by atoms with Gasteiger partial charge in [-0.2, -0.15) is 0 Å². The van der Waals surface area contributed by atoms with E-state index in [2.05, 4.69) is 5.18 Å². The zero-order valence-corrected chi connectivity index (χ0v) is 10.6. The van der Waals surface area contributed by atoms with Gasteiger partial charge in [-0.05, 0) is 28.1 Å². The minimum absolute atomic E-state index is 0.571. The average Bonchev–Trinajstić information content (AvgIpc) is 3.03. The van der Waals surface area contributed by atoms with Gasteiger partial charge in [0.15, 0.2) is 0 Å². The SMILES string of the molecule is COC(=O)C(N=O)(c1cccs1)c1cccs1. The summed E-state index contributed by atoms with van der Waals surface area (Å²) in [4.78, 5) is 24.4. The summed E-state index contributed by atoms with van der Waals surface area (Å²) in [6.45, 7) is 0. The summed E-state index contributed by atoms with van der Waals surface area (Å²) in [5.74, 6) is -0.655. The number of rotatable bonds is 4. The Balaban J connectivity index is 2.64. The fourth-order valence-electron chi connectivity index (χ4n) is 1.57. The van der Waals surface area contributed by atoms with Crippen LogP contribution in [0.25, 0.3) is 0 Å². The minimum Gasteiger partial charge on any atom is -0.467 e. The van der Waals surface area contributed by atoms with Crippen molar-refractivity contribution in [2.24, 2.45) is 5.18 Å². The molecule has 2 aromatic heterocycles. The first-order valence-corrected chi connectivity index (χ1v) is 6.52. The third-order valence-corrected chi connectivity index (χ3v) is 4.33. The van der Waals surface area contributed by atoms with Gasteiger partial charge in [0.05, 0.1) is 16.9 Å². The second kappa shape index (κ2) is 4.77. The molecule has 4 nitrogen and oxygen atoms in total. The number of thiophene rings is 2. The van der Waals surface area contributed by atoms with Crippen LogP contribution in [0.15, 0.2) is 40.2 Å². The van der Waals surface area contributed by atoms with Crippen LogP contribution >= 0.6 is 22.7 Å². The van der Waals surface area contributed by atoms with Gasteiger partial charge >= 0.3 is 5.97 Å². The van der Waals surface area contributed by atoms with E-state index in [-0.39, 0.29) is 0 Å². The number of hydrogen-bond donors (Lipinski definition) is 0. The number of ether oxygens (including phenoxy) is 1. The zero-order chi connectivity index (χ0) is 12.3. The van der Waals surface area contributed by atoms with E-state index in [1.165, 1.54) is 29.8 Å². The number of nitrogens with zero attached hydrogens (tertiary/aromatic N) is 1. The molecule has 17 heavy (non-hydrogen) atoms. The molecule has 0 amide bonds. The van der Waals surface area contributed by atoms with Crippen molar-refractivity contribution >= 4 is 28.6 Å². The third kappa shape index (κ3) is 1.79. The summed E-state index contributed by atoms with van der Waals surface area (Å²) >= 11 is 2.62. The first kappa shape index (κ1) is 11.9. The van der Waals surface area contributed by atoms with Crippen molar-refractivity contribution in [2.45, 2.75) is 5.54 Å². The van der Waals surface area contributed by atoms with Gasteiger partial charge in [0, 0.05) is 0 Å². The van der Waals surface area contributed by atoms with E-state index in [1.54, 1.807) is 35.0 Å². The van der Waals surface area contributed by atoms with E-state index in [1.807, 2.05) is 0 Å². The van der Waals surface area contributed by atoms with Crippen molar-refractivity contribution < 1.29 is 9.53 Å². The van der Waals surface area contributed by atoms with Crippen LogP contribution in [0.1, 0.15) is 9.75 Å². The van der Waals surface area contributed by atoms with Crippen LogP contribution < -0.4 is 0 Å². The zero-order valence-electron chi connectivity index (χ0n) is 8.95. The molecule has 0 saturated heterocycles. The molecule has 0 radical (unpaired) electrons. The Kier molecular flexibility index (Phi) is 3.35. The molecule has 0 atom stereocenters. The monoisotopic (exact) mass is 267 g/mol. The molecule has 0 aliphatic carbocycles. The number of esters is 1. The number of nitroso groups, excluding NO2 is 1. The molecule has 2 rings (SSSR count). The first-order chi connectivity index (χ1) is 8.25. The lowest BCUT2D eigenvalue weighted by Crippen LogP contribution is -2.34. The Hall–Kier alpha value is -1.53. The molecule has 0 aromatic carbocycles. The summed E-state index contributed by atoms with van der Waals surface area (Å²) < 4.78 is 4.73. The Morgan fingerprint density at radius 3 is 2.06 bits per heavy atom. The summed E-state index contributed by atoms with van der Waals surface area (Å²) in [7, 11) is 1.25. The van der Waals surface area contributed by atoms with E-state index >= 15 is 0 Å². The maximum atomic E-state index is 12.0. The molecule has 6 heteroatoms. The van der Waals surface area contributed by atoms with Gasteiger partial charge in [-0.25, -0.2) is 4.79 Å². The Labute approximate surface area is 106 Å². The largest absolute Gasteiger partial charge is 0.467 e. The average molecular weight is 267 g/mol. The van der Waals surface area contributed by atoms with Gasteiger partial charge in [0.25, 0.3) is 5.54 Å². The first-order valence-electron chi connectivity index (χ1n) is 4.76. The van der Waals surface area contributed by atoms with Gasteiger partial charge in [-0.3, -0.25) is 0 Å². The highest BCUT2D eigenvalue weighted by molar-refractivity contribution is 7.12. The number of carbonyl (C=O) groups excluding carboxylic acids is 1. The van der Waals surface area contributed by atoms with Crippen LogP contribution in [0, 0.1) is 4.91 Å². The third-order valence-electron chi connectivity index (χ3n) is 2.37. The molecule has 0 N–H and O–H groups in total. The van der Waals surface area contributed by atoms with Gasteiger partial charge in [0.1, 0.15) is 0 Å². The molecule has 0 fully saturated rings. The number of carbonyl (C=O) groups is 1. The summed E-state index contributed by atoms with van der Waals surface area (Å²) in [5, 5.41) is 6.67. The highest BCUT2D eigenvalue weighted by Crippen LogP contribution is 2.39. The van der Waals surface area contributed by atoms with Crippen molar-refractivity contribution in [1.82, 2.24) is 0 Å². The quantitative estimate of drug-likeness (QED) is 0.632. The van der Waals surface area contributed by atoms with Crippen molar-refractivity contribution in [3.8, 4) is 0 Å². The molecule has 2 heterocycles. The summed E-state index contributed by atoms with van der Waals surface area (Å²) in [5.41, 5.74) is -1.56. The van der Waals surface area contributed by atoms with E-state index in [0.29, 0.717) is 9.75 Å². The van der Waals surface area contributed by atoms with Crippen LogP contribution in [-0.2, 0) is 15.1 Å². The smallest absolute Gasteiger partial charge is 0.348 e. The van der Waals surface area contributed by atoms with E-state index in [4.69, 9.17) is 4.74 Å². The maximum Gasteiger partial charge on any atom is 0.348 e. The summed E-state index contributed by atoms with van der Waals surface area (Å²) in [6, 6.07) is 6.97. The molecule has 2 aromatic rings. The highest BCUT2D eigenvalue weighted by atomic mass is 32.1. The molecule has 0 spiro atoms. The van der Waals surface area contributed by atoms with Crippen LogP contribution in [0.5, 0.6) is 0 Å². The second-order valence-corrected chi connectivity index (χ2v) is 5.14. The lowest BCUT2D eigenvalue weighted by atomic mass is 9.97. The van der Waals surface area contributed by atoms with E-state index in [9.17, 15) is 9.70 Å². The van der Waals surface area contributed by atoms with Crippen LogP contribution in [0.4, 0.5) is 0 Å². The molecule has 0 saturated carbocycles. The van der Waals surface area contributed by atoms with Gasteiger partial charge in [-0.1, -0.05) is 12.1 Å². The Morgan fingerprint density at radius 1 is 1.24 bits per heavy atom. The van der Waals surface area contributed by atoms with Gasteiger partial charge in [-0.15, -0.1) is 27.6 Å². The van der Waals surface area contributed by atoms with Crippen molar-refractivity contribution in [1.29, 1.82) is 0 Å². The predicted molar refractivity (Wildman–Crippen MR) is 67.2 cm³/mol. The van der Waals surface area contributed by atoms with Gasteiger partial charge in [0.2, 0.25) is 0 Å². The maximum absolute atomic E-state index is 12.0. The lowest BCUT2D eigenvalue weighted by Gasteiger charge is -2.20. The molecule has 88 valence electrons. The Morgan fingerprint density at radius 2 is 1.76 bits per heavy atom. The normalized spacial score (nSPS) is 11.1. The minimum atomic E-state index is -1.56. The molecule has 0 aliphatic heterocycles.